The molecule has 1 amide bonds. The van der Waals surface area contributed by atoms with Gasteiger partial charge in [0.15, 0.2) is 0 Å². The Bertz CT molecular complexity index is 539. The molecule has 0 unspecified atom stereocenters. The van der Waals surface area contributed by atoms with Crippen molar-refractivity contribution in [3.05, 3.63) is 38.9 Å². The standard InChI is InChI=1S/C13H15ClN2O4/c1-8-6-15(7-9(2)20-8)13(17)11-4-3-10(16(18)19)5-12(11)14/h3-5,8-9H,6-7H2,1-2H3/t8-,9-/m0/s1. The van der Waals surface area contributed by atoms with E-state index in [1.807, 2.05) is 13.8 Å². The van der Waals surface area contributed by atoms with Crippen molar-refractivity contribution in [1.82, 2.24) is 4.90 Å². The molecule has 6 nitrogen and oxygen atoms in total. The molecule has 7 heteroatoms. The number of morpholine rings is 1. The molecular weight excluding hydrogens is 284 g/mol. The molecule has 1 aliphatic heterocycles. The summed E-state index contributed by atoms with van der Waals surface area (Å²) in [5.74, 6) is -0.230. The summed E-state index contributed by atoms with van der Waals surface area (Å²) in [6.45, 7) is 4.76. The fourth-order valence-electron chi connectivity index (χ4n) is 2.31. The van der Waals surface area contributed by atoms with Crippen LogP contribution in [0, 0.1) is 10.1 Å². The molecule has 0 N–H and O–H groups in total. The molecule has 2 atom stereocenters. The minimum Gasteiger partial charge on any atom is -0.372 e. The molecule has 20 heavy (non-hydrogen) atoms. The van der Waals surface area contributed by atoms with E-state index >= 15 is 0 Å². The third kappa shape index (κ3) is 3.08. The number of halogens is 1. The van der Waals surface area contributed by atoms with Gasteiger partial charge >= 0.3 is 0 Å². The number of non-ortho nitro benzene ring substituents is 1. The Labute approximate surface area is 121 Å². The summed E-state index contributed by atoms with van der Waals surface area (Å²) >= 11 is 5.98. The highest BCUT2D eigenvalue weighted by atomic mass is 35.5. The number of nitro groups is 1. The van der Waals surface area contributed by atoms with E-state index in [1.54, 1.807) is 4.90 Å². The number of amides is 1. The highest BCUT2D eigenvalue weighted by Gasteiger charge is 2.28. The molecule has 1 aromatic rings. The molecule has 108 valence electrons. The van der Waals surface area contributed by atoms with E-state index in [2.05, 4.69) is 0 Å². The van der Waals surface area contributed by atoms with Gasteiger partial charge in [-0.15, -0.1) is 0 Å². The van der Waals surface area contributed by atoms with Crippen molar-refractivity contribution in [3.63, 3.8) is 0 Å². The van der Waals surface area contributed by atoms with Crippen molar-refractivity contribution in [2.24, 2.45) is 0 Å². The van der Waals surface area contributed by atoms with Gasteiger partial charge in [-0.1, -0.05) is 11.6 Å². The zero-order valence-electron chi connectivity index (χ0n) is 11.2. The van der Waals surface area contributed by atoms with E-state index < -0.39 is 4.92 Å². The van der Waals surface area contributed by atoms with E-state index in [1.165, 1.54) is 18.2 Å². The van der Waals surface area contributed by atoms with Gasteiger partial charge in [0.25, 0.3) is 11.6 Å². The van der Waals surface area contributed by atoms with Crippen molar-refractivity contribution in [1.29, 1.82) is 0 Å². The highest BCUT2D eigenvalue weighted by molar-refractivity contribution is 6.34. The van der Waals surface area contributed by atoms with Crippen LogP contribution in [0.2, 0.25) is 5.02 Å². The molecule has 0 aliphatic carbocycles. The van der Waals surface area contributed by atoms with Crippen LogP contribution in [0.15, 0.2) is 18.2 Å². The third-order valence-electron chi connectivity index (χ3n) is 3.10. The average molecular weight is 299 g/mol. The van der Waals surface area contributed by atoms with Gasteiger partial charge in [0.05, 0.1) is 27.7 Å². The number of nitrogens with zero attached hydrogens (tertiary/aromatic N) is 2. The van der Waals surface area contributed by atoms with Gasteiger partial charge in [-0.3, -0.25) is 14.9 Å². The average Bonchev–Trinajstić information content (AvgIpc) is 2.36. The fraction of sp³-hybridized carbons (Fsp3) is 0.462. The van der Waals surface area contributed by atoms with Gasteiger partial charge in [-0.2, -0.15) is 0 Å². The molecule has 1 aromatic carbocycles. The van der Waals surface area contributed by atoms with Crippen molar-refractivity contribution < 1.29 is 14.5 Å². The minimum absolute atomic E-state index is 0.0421. The second-order valence-electron chi connectivity index (χ2n) is 4.89. The summed E-state index contributed by atoms with van der Waals surface area (Å²) in [6, 6.07) is 3.88. The molecule has 0 bridgehead atoms. The summed E-state index contributed by atoms with van der Waals surface area (Å²) in [5, 5.41) is 10.8. The van der Waals surface area contributed by atoms with Crippen LogP contribution in [0.25, 0.3) is 0 Å². The molecular formula is C13H15ClN2O4. The molecule has 0 aromatic heterocycles. The van der Waals surface area contributed by atoms with Crippen LogP contribution in [0.4, 0.5) is 5.69 Å². The summed E-state index contributed by atoms with van der Waals surface area (Å²) in [6.07, 6.45) is -0.0842. The Morgan fingerprint density at radius 1 is 1.40 bits per heavy atom. The SMILES string of the molecule is C[C@H]1CN(C(=O)c2ccc([N+](=O)[O-])cc2Cl)C[C@H](C)O1. The van der Waals surface area contributed by atoms with E-state index in [4.69, 9.17) is 16.3 Å². The van der Waals surface area contributed by atoms with Gasteiger partial charge in [0.2, 0.25) is 0 Å². The number of nitro benzene ring substituents is 1. The van der Waals surface area contributed by atoms with Gasteiger partial charge < -0.3 is 9.64 Å². The van der Waals surface area contributed by atoms with Crippen LogP contribution < -0.4 is 0 Å². The third-order valence-corrected chi connectivity index (χ3v) is 3.41. The molecule has 1 aliphatic rings. The number of hydrogen-bond donors (Lipinski definition) is 0. The zero-order valence-corrected chi connectivity index (χ0v) is 12.0. The fourth-order valence-corrected chi connectivity index (χ4v) is 2.56. The van der Waals surface area contributed by atoms with Crippen LogP contribution in [0.3, 0.4) is 0 Å². The molecule has 1 heterocycles. The normalized spacial score (nSPS) is 22.6. The van der Waals surface area contributed by atoms with Gasteiger partial charge in [0.1, 0.15) is 0 Å². The number of hydrogen-bond acceptors (Lipinski definition) is 4. The van der Waals surface area contributed by atoms with Gasteiger partial charge in [0, 0.05) is 25.2 Å². The lowest BCUT2D eigenvalue weighted by atomic mass is 10.1. The van der Waals surface area contributed by atoms with Gasteiger partial charge in [-0.05, 0) is 19.9 Å². The molecule has 2 rings (SSSR count). The maximum absolute atomic E-state index is 12.4. The number of carbonyl (C=O) groups excluding carboxylic acids is 1. The molecule has 0 spiro atoms. The first-order chi connectivity index (χ1) is 9.38. The van der Waals surface area contributed by atoms with Crippen LogP contribution >= 0.6 is 11.6 Å². The molecule has 0 radical (unpaired) electrons. The largest absolute Gasteiger partial charge is 0.372 e. The lowest BCUT2D eigenvalue weighted by Gasteiger charge is -2.35. The van der Waals surface area contributed by atoms with Crippen molar-refractivity contribution in [3.8, 4) is 0 Å². The predicted octanol–water partition coefficient (Wildman–Crippen LogP) is 2.50. The van der Waals surface area contributed by atoms with E-state index in [0.717, 1.165) is 0 Å². The van der Waals surface area contributed by atoms with Crippen LogP contribution in [-0.2, 0) is 4.74 Å². The quantitative estimate of drug-likeness (QED) is 0.621. The lowest BCUT2D eigenvalue weighted by molar-refractivity contribution is -0.384. The maximum Gasteiger partial charge on any atom is 0.270 e. The van der Waals surface area contributed by atoms with Gasteiger partial charge in [-0.25, -0.2) is 0 Å². The van der Waals surface area contributed by atoms with Crippen molar-refractivity contribution in [2.75, 3.05) is 13.1 Å². The zero-order chi connectivity index (χ0) is 14.9. The van der Waals surface area contributed by atoms with E-state index in [-0.39, 0.29) is 34.4 Å². The first-order valence-electron chi connectivity index (χ1n) is 6.27. The smallest absolute Gasteiger partial charge is 0.270 e. The molecule has 1 saturated heterocycles. The van der Waals surface area contributed by atoms with Crippen LogP contribution in [-0.4, -0.2) is 41.0 Å². The predicted molar refractivity (Wildman–Crippen MR) is 74.0 cm³/mol. The Hall–Kier alpha value is -1.66. The summed E-state index contributed by atoms with van der Waals surface area (Å²) in [7, 11) is 0. The lowest BCUT2D eigenvalue weighted by Crippen LogP contribution is -2.48. The monoisotopic (exact) mass is 298 g/mol. The van der Waals surface area contributed by atoms with Crippen molar-refractivity contribution in [2.45, 2.75) is 26.1 Å². The van der Waals surface area contributed by atoms with Crippen LogP contribution in [0.5, 0.6) is 0 Å². The molecule has 1 fully saturated rings. The van der Waals surface area contributed by atoms with Crippen LogP contribution in [0.1, 0.15) is 24.2 Å². The molecule has 0 saturated carbocycles. The van der Waals surface area contributed by atoms with E-state index in [9.17, 15) is 14.9 Å². The van der Waals surface area contributed by atoms with E-state index in [0.29, 0.717) is 13.1 Å². The number of rotatable bonds is 2. The summed E-state index contributed by atoms with van der Waals surface area (Å²) in [4.78, 5) is 24.2. The second kappa shape index (κ2) is 5.76. The Kier molecular flexibility index (Phi) is 4.25. The Balaban J connectivity index is 2.23. The minimum atomic E-state index is -0.543. The summed E-state index contributed by atoms with van der Waals surface area (Å²) in [5.41, 5.74) is 0.147. The maximum atomic E-state index is 12.4. The summed E-state index contributed by atoms with van der Waals surface area (Å²) < 4.78 is 5.57. The number of benzene rings is 1. The number of carbonyl (C=O) groups is 1. The van der Waals surface area contributed by atoms with Crippen molar-refractivity contribution >= 4 is 23.2 Å². The topological polar surface area (TPSA) is 72.7 Å². The number of ether oxygens (including phenoxy) is 1. The first-order valence-corrected chi connectivity index (χ1v) is 6.65. The Morgan fingerprint density at radius 3 is 2.50 bits per heavy atom. The highest BCUT2D eigenvalue weighted by Crippen LogP contribution is 2.24. The second-order valence-corrected chi connectivity index (χ2v) is 5.30. The first kappa shape index (κ1) is 14.7. The Morgan fingerprint density at radius 2 is 2.00 bits per heavy atom.